The van der Waals surface area contributed by atoms with Crippen LogP contribution in [0.25, 0.3) is 0 Å². The minimum atomic E-state index is -4.04. The summed E-state index contributed by atoms with van der Waals surface area (Å²) >= 11 is 0. The molecular formula is C11H9N3O6S. The Morgan fingerprint density at radius 2 is 2.05 bits per heavy atom. The van der Waals surface area contributed by atoms with E-state index in [4.69, 9.17) is 5.11 Å². The molecule has 0 aliphatic carbocycles. The highest BCUT2D eigenvalue weighted by Crippen LogP contribution is 2.21. The average molecular weight is 311 g/mol. The molecule has 9 nitrogen and oxygen atoms in total. The Bertz CT molecular complexity index is 811. The smallest absolute Gasteiger partial charge is 0.352 e. The van der Waals surface area contributed by atoms with Crippen molar-refractivity contribution in [1.29, 1.82) is 0 Å². The number of hydrogen-bond donors (Lipinski definition) is 3. The van der Waals surface area contributed by atoms with Crippen LogP contribution in [0.4, 0.5) is 11.4 Å². The van der Waals surface area contributed by atoms with E-state index in [2.05, 4.69) is 9.71 Å². The normalized spacial score (nSPS) is 11.0. The summed E-state index contributed by atoms with van der Waals surface area (Å²) in [4.78, 5) is 22.7. The number of hydrogen-bond acceptors (Lipinski definition) is 5. The minimum absolute atomic E-state index is 0.00211. The summed E-state index contributed by atoms with van der Waals surface area (Å²) in [5.41, 5.74) is -0.549. The molecule has 2 aromatic rings. The summed E-state index contributed by atoms with van der Waals surface area (Å²) in [7, 11) is -4.04. The number of sulfonamides is 1. The molecule has 1 aromatic carbocycles. The van der Waals surface area contributed by atoms with E-state index in [1.165, 1.54) is 18.2 Å². The molecule has 0 aliphatic heterocycles. The molecule has 0 saturated carbocycles. The Labute approximate surface area is 118 Å². The van der Waals surface area contributed by atoms with Crippen molar-refractivity contribution >= 4 is 27.4 Å². The van der Waals surface area contributed by atoms with Crippen molar-refractivity contribution in [2.24, 2.45) is 0 Å². The van der Waals surface area contributed by atoms with Crippen molar-refractivity contribution in [2.45, 2.75) is 4.90 Å². The summed E-state index contributed by atoms with van der Waals surface area (Å²) < 4.78 is 26.2. The molecule has 1 heterocycles. The molecular weight excluding hydrogens is 302 g/mol. The summed E-state index contributed by atoms with van der Waals surface area (Å²) in [6, 6.07) is 5.89. The number of aromatic amines is 1. The number of nitro groups is 1. The maximum atomic E-state index is 12.0. The lowest BCUT2D eigenvalue weighted by Crippen LogP contribution is -2.12. The molecule has 0 amide bonds. The van der Waals surface area contributed by atoms with E-state index in [1.54, 1.807) is 0 Å². The van der Waals surface area contributed by atoms with Crippen LogP contribution in [0, 0.1) is 10.1 Å². The minimum Gasteiger partial charge on any atom is -0.477 e. The first-order valence-corrected chi connectivity index (χ1v) is 6.97. The lowest BCUT2D eigenvalue weighted by molar-refractivity contribution is -0.384. The largest absolute Gasteiger partial charge is 0.477 e. The number of nitrogens with zero attached hydrogens (tertiary/aromatic N) is 1. The van der Waals surface area contributed by atoms with Crippen LogP contribution in [0.1, 0.15) is 10.5 Å². The van der Waals surface area contributed by atoms with E-state index in [-0.39, 0.29) is 22.0 Å². The summed E-state index contributed by atoms with van der Waals surface area (Å²) in [5.74, 6) is -1.30. The van der Waals surface area contributed by atoms with Crippen molar-refractivity contribution in [3.63, 3.8) is 0 Å². The van der Waals surface area contributed by atoms with Gasteiger partial charge in [0.15, 0.2) is 0 Å². The lowest BCUT2D eigenvalue weighted by atomic mass is 10.3. The van der Waals surface area contributed by atoms with E-state index in [0.717, 1.165) is 18.3 Å². The number of rotatable bonds is 5. The van der Waals surface area contributed by atoms with E-state index in [1.807, 2.05) is 0 Å². The van der Waals surface area contributed by atoms with Crippen molar-refractivity contribution in [1.82, 2.24) is 4.98 Å². The number of H-pyrrole nitrogens is 1. The Kier molecular flexibility index (Phi) is 3.63. The highest BCUT2D eigenvalue weighted by molar-refractivity contribution is 7.92. The molecule has 0 fully saturated rings. The van der Waals surface area contributed by atoms with Crippen molar-refractivity contribution in [3.05, 3.63) is 52.3 Å². The van der Waals surface area contributed by atoms with E-state index < -0.39 is 20.9 Å². The van der Waals surface area contributed by atoms with Gasteiger partial charge in [-0.05, 0) is 12.1 Å². The summed E-state index contributed by atoms with van der Waals surface area (Å²) in [6.07, 6.45) is 1.02. The van der Waals surface area contributed by atoms with Gasteiger partial charge >= 0.3 is 5.97 Å². The second-order valence-corrected chi connectivity index (χ2v) is 5.65. The van der Waals surface area contributed by atoms with Gasteiger partial charge in [0.1, 0.15) is 10.6 Å². The predicted molar refractivity (Wildman–Crippen MR) is 71.7 cm³/mol. The third-order valence-corrected chi connectivity index (χ3v) is 3.87. The molecule has 1 aromatic heterocycles. The molecule has 3 N–H and O–H groups in total. The van der Waals surface area contributed by atoms with Crippen molar-refractivity contribution in [3.8, 4) is 0 Å². The van der Waals surface area contributed by atoms with Crippen molar-refractivity contribution in [2.75, 3.05) is 4.72 Å². The number of carbonyl (C=O) groups is 1. The van der Waals surface area contributed by atoms with Gasteiger partial charge in [-0.15, -0.1) is 0 Å². The number of non-ortho nitro benzene ring substituents is 1. The Morgan fingerprint density at radius 1 is 1.33 bits per heavy atom. The maximum Gasteiger partial charge on any atom is 0.352 e. The quantitative estimate of drug-likeness (QED) is 0.563. The number of carboxylic acid groups (broad SMARTS) is 1. The summed E-state index contributed by atoms with van der Waals surface area (Å²) in [6.45, 7) is 0. The van der Waals surface area contributed by atoms with Gasteiger partial charge in [-0.1, -0.05) is 6.07 Å². The third kappa shape index (κ3) is 3.17. The number of carboxylic acids is 1. The fourth-order valence-electron chi connectivity index (χ4n) is 1.55. The van der Waals surface area contributed by atoms with Crippen molar-refractivity contribution < 1.29 is 23.2 Å². The highest BCUT2D eigenvalue weighted by atomic mass is 32.2. The van der Waals surface area contributed by atoms with Crippen LogP contribution >= 0.6 is 0 Å². The molecule has 0 atom stereocenters. The average Bonchev–Trinajstić information content (AvgIpc) is 2.89. The van der Waals surface area contributed by atoms with Crippen LogP contribution in [-0.2, 0) is 10.0 Å². The second kappa shape index (κ2) is 5.25. The second-order valence-electron chi connectivity index (χ2n) is 3.97. The van der Waals surface area contributed by atoms with Gasteiger partial charge in [-0.2, -0.15) is 0 Å². The third-order valence-electron chi connectivity index (χ3n) is 2.51. The number of anilines is 1. The molecule has 21 heavy (non-hydrogen) atoms. The number of nitro benzene ring substituents is 1. The van der Waals surface area contributed by atoms with Gasteiger partial charge in [0.2, 0.25) is 0 Å². The fourth-order valence-corrected chi connectivity index (χ4v) is 2.59. The van der Waals surface area contributed by atoms with E-state index >= 15 is 0 Å². The SMILES string of the molecule is O=C(O)c1cc(S(=O)(=O)Nc2cccc([N+](=O)[O-])c2)c[nH]1. The number of nitrogens with one attached hydrogen (secondary N) is 2. The van der Waals surface area contributed by atoms with E-state index in [0.29, 0.717) is 0 Å². The van der Waals surface area contributed by atoms with Gasteiger partial charge in [0.05, 0.1) is 10.6 Å². The molecule has 0 aliphatic rings. The van der Waals surface area contributed by atoms with E-state index in [9.17, 15) is 23.3 Å². The van der Waals surface area contributed by atoms with Crippen LogP contribution in [-0.4, -0.2) is 29.4 Å². The Balaban J connectivity index is 2.30. The van der Waals surface area contributed by atoms with Gasteiger partial charge < -0.3 is 10.1 Å². The topological polar surface area (TPSA) is 142 Å². The predicted octanol–water partition coefficient (Wildman–Crippen LogP) is 1.42. The molecule has 2 rings (SSSR count). The molecule has 0 saturated heterocycles. The molecule has 110 valence electrons. The van der Waals surface area contributed by atoms with Crippen LogP contribution in [0.5, 0.6) is 0 Å². The van der Waals surface area contributed by atoms with Gasteiger partial charge in [-0.3, -0.25) is 14.8 Å². The Morgan fingerprint density at radius 3 is 2.62 bits per heavy atom. The lowest BCUT2D eigenvalue weighted by Gasteiger charge is -2.05. The van der Waals surface area contributed by atoms with Crippen LogP contribution < -0.4 is 4.72 Å². The molecule has 0 bridgehead atoms. The first-order chi connectivity index (χ1) is 9.79. The van der Waals surface area contributed by atoms with Crippen LogP contribution in [0.3, 0.4) is 0 Å². The number of aromatic carboxylic acids is 1. The highest BCUT2D eigenvalue weighted by Gasteiger charge is 2.19. The van der Waals surface area contributed by atoms with Gasteiger partial charge in [0, 0.05) is 18.3 Å². The zero-order chi connectivity index (χ0) is 15.6. The number of aromatic nitrogens is 1. The standard InChI is InChI=1S/C11H9N3O6S/c15-11(16)10-5-9(6-12-10)21(19,20)13-7-2-1-3-8(4-7)14(17)18/h1-6,12-13H,(H,15,16). The zero-order valence-electron chi connectivity index (χ0n) is 10.3. The Hall–Kier alpha value is -2.88. The van der Waals surface area contributed by atoms with Crippen LogP contribution in [0.2, 0.25) is 0 Å². The fraction of sp³-hybridized carbons (Fsp3) is 0. The van der Waals surface area contributed by atoms with Crippen LogP contribution in [0.15, 0.2) is 41.4 Å². The molecule has 10 heteroatoms. The molecule has 0 radical (unpaired) electrons. The summed E-state index contributed by atoms with van der Waals surface area (Å²) in [5, 5.41) is 19.4. The zero-order valence-corrected chi connectivity index (χ0v) is 11.1. The number of benzene rings is 1. The maximum absolute atomic E-state index is 12.0. The van der Waals surface area contributed by atoms with Gasteiger partial charge in [-0.25, -0.2) is 13.2 Å². The molecule has 0 unspecified atom stereocenters. The first-order valence-electron chi connectivity index (χ1n) is 5.48. The molecule has 0 spiro atoms. The first kappa shape index (κ1) is 14.5. The van der Waals surface area contributed by atoms with Gasteiger partial charge in [0.25, 0.3) is 15.7 Å². The monoisotopic (exact) mass is 311 g/mol.